The molecule has 0 atom stereocenters. The lowest BCUT2D eigenvalue weighted by Crippen LogP contribution is -1.90. The highest BCUT2D eigenvalue weighted by Crippen LogP contribution is 2.39. The molecule has 8 heterocycles. The fourth-order valence-electron chi connectivity index (χ4n) is 14.3. The van der Waals surface area contributed by atoms with Crippen molar-refractivity contribution >= 4 is 109 Å². The lowest BCUT2D eigenvalue weighted by Gasteiger charge is -2.11. The second kappa shape index (κ2) is 24.3. The molecule has 0 aliphatic carbocycles. The van der Waals surface area contributed by atoms with Gasteiger partial charge in [-0.1, -0.05) is 200 Å². The van der Waals surface area contributed by atoms with Crippen LogP contribution >= 0.6 is 0 Å². The van der Waals surface area contributed by atoms with Crippen LogP contribution in [0.25, 0.3) is 198 Å². The number of hydrogen-bond donors (Lipinski definition) is 0. The molecule has 20 rings (SSSR count). The van der Waals surface area contributed by atoms with Gasteiger partial charge in [0.05, 0.1) is 66.9 Å². The van der Waals surface area contributed by atoms with Crippen molar-refractivity contribution < 1.29 is 0 Å². The molecule has 464 valence electrons. The monoisotopic (exact) mass is 1270 g/mol. The fourth-order valence-corrected chi connectivity index (χ4v) is 14.3. The number of benzene rings is 12. The molecule has 0 N–H and O–H groups in total. The Labute approximate surface area is 575 Å². The van der Waals surface area contributed by atoms with Gasteiger partial charge >= 0.3 is 0 Å². The molecule has 0 spiro atoms. The molecular formula is C92H56N8. The molecule has 0 unspecified atom stereocenters. The van der Waals surface area contributed by atoms with E-state index in [1.54, 1.807) is 0 Å². The number of fused-ring (bicyclic) bond motifs is 12. The molecular weight excluding hydrogens is 1220 g/mol. The molecule has 12 aromatic carbocycles. The zero-order valence-corrected chi connectivity index (χ0v) is 53.9. The smallest absolute Gasteiger partial charge is 0.0970 e. The number of aromatic nitrogens is 8. The van der Waals surface area contributed by atoms with Gasteiger partial charge in [-0.3, -0.25) is 19.9 Å². The van der Waals surface area contributed by atoms with Gasteiger partial charge in [0.2, 0.25) is 0 Å². The topological polar surface area (TPSA) is 103 Å². The largest absolute Gasteiger partial charge is 0.254 e. The van der Waals surface area contributed by atoms with Gasteiger partial charge in [0.25, 0.3) is 0 Å². The van der Waals surface area contributed by atoms with Crippen molar-refractivity contribution in [1.29, 1.82) is 0 Å². The highest BCUT2D eigenvalue weighted by atomic mass is 14.7. The van der Waals surface area contributed by atoms with E-state index in [1.807, 2.05) is 49.1 Å². The van der Waals surface area contributed by atoms with Gasteiger partial charge in [0.1, 0.15) is 0 Å². The minimum Gasteiger partial charge on any atom is -0.254 e. The molecule has 0 fully saturated rings. The van der Waals surface area contributed by atoms with Gasteiger partial charge in [-0.2, -0.15) is 0 Å². The molecule has 0 amide bonds. The minimum absolute atomic E-state index is 0.923. The van der Waals surface area contributed by atoms with E-state index in [1.165, 1.54) is 21.5 Å². The van der Waals surface area contributed by atoms with Crippen molar-refractivity contribution in [1.82, 2.24) is 39.9 Å². The van der Waals surface area contributed by atoms with Crippen LogP contribution in [0.5, 0.6) is 0 Å². The van der Waals surface area contributed by atoms with E-state index in [2.05, 4.69) is 311 Å². The Balaban J connectivity index is 0.000000139. The third kappa shape index (κ3) is 10.6. The van der Waals surface area contributed by atoms with Crippen LogP contribution in [0.1, 0.15) is 0 Å². The molecule has 0 bridgehead atoms. The van der Waals surface area contributed by atoms with Gasteiger partial charge < -0.3 is 0 Å². The van der Waals surface area contributed by atoms with Crippen LogP contribution in [-0.4, -0.2) is 39.9 Å². The van der Waals surface area contributed by atoms with Gasteiger partial charge in [-0.05, 0) is 181 Å². The van der Waals surface area contributed by atoms with Crippen LogP contribution < -0.4 is 0 Å². The predicted molar refractivity (Wildman–Crippen MR) is 414 cm³/mol. The van der Waals surface area contributed by atoms with E-state index in [0.29, 0.717) is 0 Å². The molecule has 0 aliphatic rings. The lowest BCUT2D eigenvalue weighted by atomic mass is 9.96. The molecule has 0 saturated carbocycles. The van der Waals surface area contributed by atoms with Crippen molar-refractivity contribution in [3.05, 3.63) is 340 Å². The molecule has 20 aromatic rings. The maximum atomic E-state index is 5.06. The summed E-state index contributed by atoms with van der Waals surface area (Å²) < 4.78 is 0. The van der Waals surface area contributed by atoms with E-state index < -0.39 is 0 Å². The highest BCUT2D eigenvalue weighted by Gasteiger charge is 2.16. The molecule has 8 nitrogen and oxygen atoms in total. The summed E-state index contributed by atoms with van der Waals surface area (Å²) in [4.78, 5) is 38.7. The predicted octanol–water partition coefficient (Wildman–Crippen LogP) is 23.4. The van der Waals surface area contributed by atoms with E-state index in [4.69, 9.17) is 19.9 Å². The summed E-state index contributed by atoms with van der Waals surface area (Å²) in [5.74, 6) is 0. The van der Waals surface area contributed by atoms with Crippen molar-refractivity contribution in [2.24, 2.45) is 0 Å². The first-order chi connectivity index (χ1) is 49.5. The molecule has 0 aliphatic heterocycles. The van der Waals surface area contributed by atoms with Crippen molar-refractivity contribution in [2.75, 3.05) is 0 Å². The van der Waals surface area contributed by atoms with Crippen molar-refractivity contribution in [3.8, 4) is 89.5 Å². The highest BCUT2D eigenvalue weighted by molar-refractivity contribution is 6.12. The van der Waals surface area contributed by atoms with Crippen LogP contribution in [0.4, 0.5) is 0 Å². The first-order valence-electron chi connectivity index (χ1n) is 33.6. The van der Waals surface area contributed by atoms with E-state index in [-0.39, 0.29) is 0 Å². The Bertz CT molecular complexity index is 6660. The number of rotatable bonds is 8. The zero-order valence-electron chi connectivity index (χ0n) is 53.9. The number of pyridine rings is 8. The Morgan fingerprint density at radius 2 is 0.490 bits per heavy atom. The Morgan fingerprint density at radius 3 is 0.980 bits per heavy atom. The standard InChI is InChI=1S/2C46H28N4/c1-2-9-37-29(6-1)7-3-10-38(37)44-23-19-35-27-33(17-21-43(35)50-44)32-16-20-42-34(26-32)18-22-41(49-42)31-14-12-30(13-15-31)40-28-36-8-4-24-47-45(36)46-39(40)11-5-25-48-46;1-2-6-32-25-35(14-9-29(32)5-1)44-22-18-37-27-34(16-20-43(37)50-44)33-15-19-42-36(26-33)17-21-41(49-42)31-12-10-30(11-13-31)40-28-38-7-3-23-47-45(38)46-39(40)8-4-24-48-46/h2*1-28H. The maximum Gasteiger partial charge on any atom is 0.0970 e. The van der Waals surface area contributed by atoms with E-state index in [9.17, 15) is 0 Å². The maximum absolute atomic E-state index is 5.06. The van der Waals surface area contributed by atoms with Gasteiger partial charge in [-0.25, -0.2) is 19.9 Å². The molecule has 8 heteroatoms. The first-order valence-corrected chi connectivity index (χ1v) is 33.6. The first kappa shape index (κ1) is 57.9. The summed E-state index contributed by atoms with van der Waals surface area (Å²) in [5, 5.41) is 13.7. The number of hydrogen-bond acceptors (Lipinski definition) is 8. The van der Waals surface area contributed by atoms with Crippen LogP contribution in [0.3, 0.4) is 0 Å². The van der Waals surface area contributed by atoms with Crippen LogP contribution in [0, 0.1) is 0 Å². The summed E-state index contributed by atoms with van der Waals surface area (Å²) in [5.41, 5.74) is 25.1. The second-order valence-electron chi connectivity index (χ2n) is 25.5. The zero-order chi connectivity index (χ0) is 66.0. The van der Waals surface area contributed by atoms with E-state index in [0.717, 1.165) is 177 Å². The summed E-state index contributed by atoms with van der Waals surface area (Å²) in [6, 6.07) is 111. The summed E-state index contributed by atoms with van der Waals surface area (Å²) in [6.07, 6.45) is 7.32. The Kier molecular flexibility index (Phi) is 14.0. The lowest BCUT2D eigenvalue weighted by molar-refractivity contribution is 1.37. The molecule has 100 heavy (non-hydrogen) atoms. The molecule has 0 saturated heterocycles. The van der Waals surface area contributed by atoms with Crippen molar-refractivity contribution in [2.45, 2.75) is 0 Å². The Hall–Kier alpha value is -13.6. The van der Waals surface area contributed by atoms with Crippen molar-refractivity contribution in [3.63, 3.8) is 0 Å². The van der Waals surface area contributed by atoms with Crippen LogP contribution in [0.2, 0.25) is 0 Å². The third-order valence-corrected chi connectivity index (χ3v) is 19.4. The fraction of sp³-hybridized carbons (Fsp3) is 0. The van der Waals surface area contributed by atoms with E-state index >= 15 is 0 Å². The quantitative estimate of drug-likeness (QED) is 0.139. The minimum atomic E-state index is 0.923. The SMILES string of the molecule is c1ccc2c(-c3ccc4cc(-c5ccc6nc(-c7ccc(-c8cc9cccnc9c9ncccc89)cc7)ccc6c5)ccc4n3)cccc2c1.c1ccc2cc(-c3ccc4cc(-c5ccc6nc(-c7ccc(-c8cc9cccnc9c9ncccc89)cc7)ccc6c5)ccc4n3)ccc2c1. The van der Waals surface area contributed by atoms with Crippen LogP contribution in [0.15, 0.2) is 340 Å². The average molecular weight is 1270 g/mol. The van der Waals surface area contributed by atoms with Gasteiger partial charge in [0, 0.05) is 90.1 Å². The summed E-state index contributed by atoms with van der Waals surface area (Å²) in [6.45, 7) is 0. The molecule has 8 aromatic heterocycles. The molecule has 0 radical (unpaired) electrons. The second-order valence-corrected chi connectivity index (χ2v) is 25.5. The summed E-state index contributed by atoms with van der Waals surface area (Å²) in [7, 11) is 0. The summed E-state index contributed by atoms with van der Waals surface area (Å²) >= 11 is 0. The normalized spacial score (nSPS) is 11.6. The average Bonchev–Trinajstić information content (AvgIpc) is 0.772. The van der Waals surface area contributed by atoms with Gasteiger partial charge in [0.15, 0.2) is 0 Å². The van der Waals surface area contributed by atoms with Crippen LogP contribution in [-0.2, 0) is 0 Å². The van der Waals surface area contributed by atoms with Gasteiger partial charge in [-0.15, -0.1) is 0 Å². The third-order valence-electron chi connectivity index (χ3n) is 19.4. The Morgan fingerprint density at radius 1 is 0.160 bits per heavy atom. The number of nitrogens with zero attached hydrogens (tertiary/aromatic N) is 8.